The average Bonchev–Trinajstić information content (AvgIpc) is 2.46. The number of aliphatic hydroxyl groups excluding tert-OH is 1. The first-order valence-electron chi connectivity index (χ1n) is 6.19. The van der Waals surface area contributed by atoms with E-state index in [1.165, 1.54) is 4.90 Å². The number of anilines is 1. The lowest BCUT2D eigenvalue weighted by Gasteiger charge is -2.32. The Balaban J connectivity index is 2.34. The zero-order valence-electron chi connectivity index (χ0n) is 11.0. The number of nitrogens with two attached hydrogens (primary N) is 1. The van der Waals surface area contributed by atoms with Crippen LogP contribution in [0, 0.1) is 15.9 Å². The molecule has 114 valence electrons. The summed E-state index contributed by atoms with van der Waals surface area (Å²) in [4.78, 5) is 23.6. The SMILES string of the molecule is Nc1c([N+](=O)[O-])ccc(F)c1C(=O)N1CCOC(CO)C1. The number of hydrogen-bond donors (Lipinski definition) is 2. The van der Waals surface area contributed by atoms with Gasteiger partial charge < -0.3 is 20.5 Å². The summed E-state index contributed by atoms with van der Waals surface area (Å²) in [5.41, 5.74) is 4.00. The number of hydrogen-bond acceptors (Lipinski definition) is 6. The van der Waals surface area contributed by atoms with Gasteiger partial charge in [-0.1, -0.05) is 0 Å². The molecule has 21 heavy (non-hydrogen) atoms. The second-order valence-corrected chi connectivity index (χ2v) is 4.54. The molecule has 0 bridgehead atoms. The molecule has 2 rings (SSSR count). The fourth-order valence-electron chi connectivity index (χ4n) is 2.13. The molecule has 9 heteroatoms. The fraction of sp³-hybridized carbons (Fsp3) is 0.417. The molecular weight excluding hydrogens is 285 g/mol. The summed E-state index contributed by atoms with van der Waals surface area (Å²) in [6, 6.07) is 1.75. The Kier molecular flexibility index (Phi) is 4.34. The van der Waals surface area contributed by atoms with Crippen LogP contribution < -0.4 is 5.73 Å². The van der Waals surface area contributed by atoms with Crippen LogP contribution in [0.3, 0.4) is 0 Å². The smallest absolute Gasteiger partial charge is 0.293 e. The van der Waals surface area contributed by atoms with Crippen molar-refractivity contribution in [1.29, 1.82) is 0 Å². The van der Waals surface area contributed by atoms with Gasteiger partial charge in [0.1, 0.15) is 17.1 Å². The first-order valence-corrected chi connectivity index (χ1v) is 6.19. The summed E-state index contributed by atoms with van der Waals surface area (Å²) in [6.45, 7) is 0.165. The number of aliphatic hydroxyl groups is 1. The molecule has 0 spiro atoms. The Morgan fingerprint density at radius 3 is 2.95 bits per heavy atom. The van der Waals surface area contributed by atoms with Gasteiger partial charge in [-0.3, -0.25) is 14.9 Å². The van der Waals surface area contributed by atoms with E-state index in [4.69, 9.17) is 15.6 Å². The zero-order chi connectivity index (χ0) is 15.6. The zero-order valence-corrected chi connectivity index (χ0v) is 11.0. The average molecular weight is 299 g/mol. The number of morpholine rings is 1. The van der Waals surface area contributed by atoms with Gasteiger partial charge in [-0.25, -0.2) is 4.39 Å². The van der Waals surface area contributed by atoms with Gasteiger partial charge in [-0.05, 0) is 6.07 Å². The molecule has 3 N–H and O–H groups in total. The van der Waals surface area contributed by atoms with Gasteiger partial charge in [0.15, 0.2) is 0 Å². The summed E-state index contributed by atoms with van der Waals surface area (Å²) in [7, 11) is 0. The van der Waals surface area contributed by atoms with Crippen LogP contribution in [-0.4, -0.2) is 53.2 Å². The van der Waals surface area contributed by atoms with Crippen molar-refractivity contribution in [1.82, 2.24) is 4.90 Å². The number of halogens is 1. The number of nitro benzene ring substituents is 1. The highest BCUT2D eigenvalue weighted by atomic mass is 19.1. The molecule has 1 aliphatic rings. The minimum Gasteiger partial charge on any atom is -0.394 e. The van der Waals surface area contributed by atoms with E-state index < -0.39 is 39.7 Å². The number of nitro groups is 1. The van der Waals surface area contributed by atoms with E-state index in [1.54, 1.807) is 0 Å². The van der Waals surface area contributed by atoms with Crippen LogP contribution in [0.1, 0.15) is 10.4 Å². The molecule has 1 aromatic rings. The number of carbonyl (C=O) groups excluding carboxylic acids is 1. The van der Waals surface area contributed by atoms with Gasteiger partial charge in [-0.15, -0.1) is 0 Å². The van der Waals surface area contributed by atoms with Crippen molar-refractivity contribution >= 4 is 17.3 Å². The van der Waals surface area contributed by atoms with Crippen molar-refractivity contribution in [3.63, 3.8) is 0 Å². The van der Waals surface area contributed by atoms with Crippen LogP contribution in [0.15, 0.2) is 12.1 Å². The number of carbonyl (C=O) groups is 1. The number of nitrogen functional groups attached to an aromatic ring is 1. The van der Waals surface area contributed by atoms with Crippen molar-refractivity contribution in [3.05, 3.63) is 33.6 Å². The van der Waals surface area contributed by atoms with E-state index in [9.17, 15) is 19.3 Å². The van der Waals surface area contributed by atoms with Gasteiger partial charge in [0.25, 0.3) is 11.6 Å². The summed E-state index contributed by atoms with van der Waals surface area (Å²) >= 11 is 0. The third kappa shape index (κ3) is 2.93. The molecule has 1 saturated heterocycles. The monoisotopic (exact) mass is 299 g/mol. The maximum atomic E-state index is 13.8. The van der Waals surface area contributed by atoms with E-state index in [2.05, 4.69) is 0 Å². The molecule has 0 radical (unpaired) electrons. The number of benzene rings is 1. The fourth-order valence-corrected chi connectivity index (χ4v) is 2.13. The number of amides is 1. The van der Waals surface area contributed by atoms with Crippen molar-refractivity contribution in [3.8, 4) is 0 Å². The van der Waals surface area contributed by atoms with Crippen LogP contribution in [0.25, 0.3) is 0 Å². The van der Waals surface area contributed by atoms with E-state index >= 15 is 0 Å². The van der Waals surface area contributed by atoms with Crippen molar-refractivity contribution in [2.24, 2.45) is 0 Å². The Hall–Kier alpha value is -2.26. The minimum absolute atomic E-state index is 0.0664. The summed E-state index contributed by atoms with van der Waals surface area (Å²) in [6.07, 6.45) is -0.564. The molecule has 1 aliphatic heterocycles. The van der Waals surface area contributed by atoms with Gasteiger partial charge in [0.2, 0.25) is 0 Å². The molecule has 1 heterocycles. The Morgan fingerprint density at radius 2 is 2.33 bits per heavy atom. The highest BCUT2D eigenvalue weighted by Crippen LogP contribution is 2.28. The predicted molar refractivity (Wildman–Crippen MR) is 70.2 cm³/mol. The first-order chi connectivity index (χ1) is 9.95. The maximum Gasteiger partial charge on any atom is 0.293 e. The van der Waals surface area contributed by atoms with Crippen LogP contribution in [0.2, 0.25) is 0 Å². The molecule has 1 unspecified atom stereocenters. The normalized spacial score (nSPS) is 18.6. The highest BCUT2D eigenvalue weighted by Gasteiger charge is 2.30. The second-order valence-electron chi connectivity index (χ2n) is 4.54. The van der Waals surface area contributed by atoms with Crippen LogP contribution >= 0.6 is 0 Å². The molecule has 0 aromatic heterocycles. The molecule has 1 aromatic carbocycles. The third-order valence-corrected chi connectivity index (χ3v) is 3.21. The summed E-state index contributed by atoms with van der Waals surface area (Å²) < 4.78 is 19.0. The molecule has 1 atom stereocenters. The molecule has 1 amide bonds. The number of rotatable bonds is 3. The Labute approximate surface area is 119 Å². The molecule has 1 fully saturated rings. The summed E-state index contributed by atoms with van der Waals surface area (Å²) in [5, 5.41) is 19.8. The predicted octanol–water partition coefficient (Wildman–Crippen LogP) is 0.149. The summed E-state index contributed by atoms with van der Waals surface area (Å²) in [5.74, 6) is -1.68. The van der Waals surface area contributed by atoms with Gasteiger partial charge in [0.05, 0.1) is 24.2 Å². The molecule has 0 aliphatic carbocycles. The largest absolute Gasteiger partial charge is 0.394 e. The van der Waals surface area contributed by atoms with E-state index in [1.807, 2.05) is 0 Å². The van der Waals surface area contributed by atoms with Crippen molar-refractivity contribution < 1.29 is 24.0 Å². The number of ether oxygens (including phenoxy) is 1. The van der Waals surface area contributed by atoms with Gasteiger partial charge in [-0.2, -0.15) is 0 Å². The van der Waals surface area contributed by atoms with Crippen LogP contribution in [0.4, 0.5) is 15.8 Å². The maximum absolute atomic E-state index is 13.8. The van der Waals surface area contributed by atoms with Gasteiger partial charge >= 0.3 is 0 Å². The van der Waals surface area contributed by atoms with E-state index in [0.29, 0.717) is 0 Å². The molecular formula is C12H14FN3O5. The van der Waals surface area contributed by atoms with Crippen molar-refractivity contribution in [2.45, 2.75) is 6.10 Å². The Bertz CT molecular complexity index is 580. The lowest BCUT2D eigenvalue weighted by atomic mass is 10.1. The topological polar surface area (TPSA) is 119 Å². The highest BCUT2D eigenvalue weighted by molar-refractivity contribution is 6.01. The lowest BCUT2D eigenvalue weighted by Crippen LogP contribution is -2.47. The molecule has 8 nitrogen and oxygen atoms in total. The quantitative estimate of drug-likeness (QED) is 0.466. The van der Waals surface area contributed by atoms with E-state index in [-0.39, 0.29) is 26.3 Å². The first kappa shape index (κ1) is 15.1. The van der Waals surface area contributed by atoms with Crippen LogP contribution in [-0.2, 0) is 4.74 Å². The van der Waals surface area contributed by atoms with Gasteiger partial charge in [0, 0.05) is 19.2 Å². The minimum atomic E-state index is -0.921. The second kappa shape index (κ2) is 6.02. The number of nitrogens with zero attached hydrogens (tertiary/aromatic N) is 2. The van der Waals surface area contributed by atoms with Crippen molar-refractivity contribution in [2.75, 3.05) is 32.0 Å². The standard InChI is InChI=1S/C12H14FN3O5/c13-8-1-2-9(16(19)20)11(14)10(8)12(18)15-3-4-21-7(5-15)6-17/h1-2,7,17H,3-6,14H2. The molecule has 0 saturated carbocycles. The van der Waals surface area contributed by atoms with Crippen LogP contribution in [0.5, 0.6) is 0 Å². The lowest BCUT2D eigenvalue weighted by molar-refractivity contribution is -0.384. The third-order valence-electron chi connectivity index (χ3n) is 3.21. The Morgan fingerprint density at radius 1 is 1.62 bits per heavy atom. The van der Waals surface area contributed by atoms with E-state index in [0.717, 1.165) is 12.1 Å².